The second-order valence-corrected chi connectivity index (χ2v) is 6.74. The largest absolute Gasteiger partial charge is 0.387 e. The fraction of sp³-hybridized carbons (Fsp3) is 0.600. The molecular weight excluding hydrogens is 363 g/mol. The number of ether oxygens (including phenoxy) is 1. The number of carbonyl (C=O) groups excluding carboxylic acids is 1. The molecule has 6 nitrogen and oxygen atoms in total. The van der Waals surface area contributed by atoms with Crippen LogP contribution in [0.2, 0.25) is 5.15 Å². The molecule has 2 rings (SSSR count). The number of hydrogen-bond acceptors (Lipinski definition) is 5. The van der Waals surface area contributed by atoms with Gasteiger partial charge in [0.1, 0.15) is 24.0 Å². The molecule has 140 valence electrons. The number of halogens is 4. The maximum Gasteiger partial charge on any atom is 0.292 e. The van der Waals surface area contributed by atoms with E-state index >= 15 is 0 Å². The summed E-state index contributed by atoms with van der Waals surface area (Å²) in [5.74, 6) is -3.84. The van der Waals surface area contributed by atoms with Gasteiger partial charge in [0.2, 0.25) is 0 Å². The highest BCUT2D eigenvalue weighted by atomic mass is 35.5. The molecule has 0 spiro atoms. The van der Waals surface area contributed by atoms with Crippen molar-refractivity contribution < 1.29 is 27.8 Å². The smallest absolute Gasteiger partial charge is 0.292 e. The maximum atomic E-state index is 13.7. The molecule has 2 heterocycles. The minimum Gasteiger partial charge on any atom is -0.387 e. The number of amides is 1. The number of pyridine rings is 1. The van der Waals surface area contributed by atoms with Crippen LogP contribution in [0.3, 0.4) is 0 Å². The van der Waals surface area contributed by atoms with E-state index in [9.17, 15) is 23.1 Å². The van der Waals surface area contributed by atoms with Crippen molar-refractivity contribution in [3.05, 3.63) is 23.0 Å². The molecular formula is C15H19ClF3N3O3. The van der Waals surface area contributed by atoms with Gasteiger partial charge in [0.15, 0.2) is 0 Å². The molecule has 1 amide bonds. The number of alkyl halides is 3. The SMILES string of the molecule is CC(C)(O)C(F)CNC(=O)c1cnc(Cl)cc1NC1COCC1(F)F. The van der Waals surface area contributed by atoms with Crippen LogP contribution in [0, 0.1) is 0 Å². The van der Waals surface area contributed by atoms with E-state index in [4.69, 9.17) is 16.3 Å². The van der Waals surface area contributed by atoms with Crippen LogP contribution in [-0.2, 0) is 4.74 Å². The first kappa shape index (κ1) is 19.7. The molecule has 1 aromatic heterocycles. The Labute approximate surface area is 147 Å². The second kappa shape index (κ2) is 7.35. The molecule has 0 radical (unpaired) electrons. The number of aromatic nitrogens is 1. The van der Waals surface area contributed by atoms with E-state index in [1.54, 1.807) is 0 Å². The summed E-state index contributed by atoms with van der Waals surface area (Å²) < 4.78 is 45.9. The molecule has 0 aromatic carbocycles. The summed E-state index contributed by atoms with van der Waals surface area (Å²) in [4.78, 5) is 16.0. The monoisotopic (exact) mass is 381 g/mol. The number of rotatable bonds is 6. The minimum absolute atomic E-state index is 0.00106. The summed E-state index contributed by atoms with van der Waals surface area (Å²) in [6, 6.07) is -0.101. The lowest BCUT2D eigenvalue weighted by molar-refractivity contribution is -0.0132. The van der Waals surface area contributed by atoms with E-state index < -0.39 is 42.8 Å². The molecule has 1 aliphatic rings. The predicted molar refractivity (Wildman–Crippen MR) is 86.0 cm³/mol. The summed E-state index contributed by atoms with van der Waals surface area (Å²) in [6.45, 7) is 1.12. The summed E-state index contributed by atoms with van der Waals surface area (Å²) in [6.07, 6.45) is -0.605. The van der Waals surface area contributed by atoms with Gasteiger partial charge in [-0.15, -0.1) is 0 Å². The molecule has 10 heteroatoms. The fourth-order valence-corrected chi connectivity index (χ4v) is 2.29. The number of aliphatic hydroxyl groups is 1. The molecule has 0 bridgehead atoms. The summed E-state index contributed by atoms with van der Waals surface area (Å²) in [5.41, 5.74) is -1.67. The van der Waals surface area contributed by atoms with Crippen LogP contribution in [0.1, 0.15) is 24.2 Å². The molecule has 25 heavy (non-hydrogen) atoms. The Bertz CT molecular complexity index is 640. The zero-order valence-corrected chi connectivity index (χ0v) is 14.4. The zero-order chi connectivity index (χ0) is 18.8. The van der Waals surface area contributed by atoms with E-state index in [1.807, 2.05) is 0 Å². The molecule has 3 N–H and O–H groups in total. The Morgan fingerprint density at radius 2 is 2.28 bits per heavy atom. The first-order chi connectivity index (χ1) is 11.5. The van der Waals surface area contributed by atoms with Gasteiger partial charge in [-0.05, 0) is 19.9 Å². The van der Waals surface area contributed by atoms with Crippen molar-refractivity contribution in [2.75, 3.05) is 25.1 Å². The Morgan fingerprint density at radius 1 is 1.60 bits per heavy atom. The van der Waals surface area contributed by atoms with Crippen molar-refractivity contribution >= 4 is 23.2 Å². The van der Waals surface area contributed by atoms with Gasteiger partial charge in [-0.25, -0.2) is 18.2 Å². The number of anilines is 1. The fourth-order valence-electron chi connectivity index (χ4n) is 2.13. The van der Waals surface area contributed by atoms with Crippen molar-refractivity contribution in [2.24, 2.45) is 0 Å². The molecule has 1 saturated heterocycles. The van der Waals surface area contributed by atoms with Gasteiger partial charge in [-0.1, -0.05) is 11.6 Å². The Kier molecular flexibility index (Phi) is 5.80. The van der Waals surface area contributed by atoms with Gasteiger partial charge in [0.05, 0.1) is 30.0 Å². The van der Waals surface area contributed by atoms with Crippen molar-refractivity contribution in [3.8, 4) is 0 Å². The number of carbonyl (C=O) groups is 1. The summed E-state index contributed by atoms with van der Waals surface area (Å²) in [7, 11) is 0. The van der Waals surface area contributed by atoms with E-state index in [2.05, 4.69) is 15.6 Å². The highest BCUT2D eigenvalue weighted by Crippen LogP contribution is 2.30. The van der Waals surface area contributed by atoms with Crippen LogP contribution >= 0.6 is 11.6 Å². The van der Waals surface area contributed by atoms with Crippen molar-refractivity contribution in [3.63, 3.8) is 0 Å². The summed E-state index contributed by atoms with van der Waals surface area (Å²) >= 11 is 5.77. The molecule has 1 aromatic rings. The van der Waals surface area contributed by atoms with Gasteiger partial charge in [-0.3, -0.25) is 4.79 Å². The lowest BCUT2D eigenvalue weighted by Crippen LogP contribution is -2.42. The van der Waals surface area contributed by atoms with Gasteiger partial charge in [0.25, 0.3) is 11.8 Å². The number of hydrogen-bond donors (Lipinski definition) is 3. The third kappa shape index (κ3) is 4.96. The van der Waals surface area contributed by atoms with E-state index in [-0.39, 0.29) is 23.0 Å². The molecule has 0 aliphatic carbocycles. The van der Waals surface area contributed by atoms with Crippen molar-refractivity contribution in [2.45, 2.75) is 37.6 Å². The highest BCUT2D eigenvalue weighted by molar-refractivity contribution is 6.29. The number of nitrogens with one attached hydrogen (secondary N) is 2. The average molecular weight is 382 g/mol. The Balaban J connectivity index is 2.14. The van der Waals surface area contributed by atoms with E-state index in [1.165, 1.54) is 19.9 Å². The average Bonchev–Trinajstić information content (AvgIpc) is 2.82. The zero-order valence-electron chi connectivity index (χ0n) is 13.7. The van der Waals surface area contributed by atoms with Crippen LogP contribution in [-0.4, -0.2) is 59.5 Å². The third-order valence-corrected chi connectivity index (χ3v) is 3.95. The molecule has 0 saturated carbocycles. The molecule has 1 fully saturated rings. The molecule has 2 unspecified atom stereocenters. The van der Waals surface area contributed by atoms with Gasteiger partial charge < -0.3 is 20.5 Å². The second-order valence-electron chi connectivity index (χ2n) is 6.36. The van der Waals surface area contributed by atoms with E-state index in [0.29, 0.717) is 0 Å². The van der Waals surface area contributed by atoms with Crippen LogP contribution in [0.15, 0.2) is 12.3 Å². The minimum atomic E-state index is -3.10. The number of nitrogens with zero attached hydrogens (tertiary/aromatic N) is 1. The normalized spacial score (nSPS) is 21.0. The molecule has 2 atom stereocenters. The molecule has 1 aliphatic heterocycles. The van der Waals surface area contributed by atoms with Crippen LogP contribution in [0.4, 0.5) is 18.9 Å². The highest BCUT2D eigenvalue weighted by Gasteiger charge is 2.45. The van der Waals surface area contributed by atoms with Crippen molar-refractivity contribution in [1.29, 1.82) is 0 Å². The quantitative estimate of drug-likeness (QED) is 0.657. The van der Waals surface area contributed by atoms with Gasteiger partial charge in [-0.2, -0.15) is 0 Å². The topological polar surface area (TPSA) is 83.5 Å². The predicted octanol–water partition coefficient (Wildman–Crippen LogP) is 2.02. The van der Waals surface area contributed by atoms with Gasteiger partial charge >= 0.3 is 0 Å². The third-order valence-electron chi connectivity index (χ3n) is 3.74. The Hall–Kier alpha value is -1.58. The van der Waals surface area contributed by atoms with Crippen LogP contribution < -0.4 is 10.6 Å². The summed E-state index contributed by atoms with van der Waals surface area (Å²) in [5, 5.41) is 14.4. The van der Waals surface area contributed by atoms with Crippen molar-refractivity contribution in [1.82, 2.24) is 10.3 Å². The lowest BCUT2D eigenvalue weighted by atomic mass is 10.0. The standard InChI is InChI=1S/C15H19ClF3N3O3/c1-14(2,24)10(17)5-21-13(23)8-4-20-12(16)3-9(8)22-11-6-25-7-15(11,18)19/h3-4,10-11,24H,5-7H2,1-2H3,(H,20,22)(H,21,23). The lowest BCUT2D eigenvalue weighted by Gasteiger charge is -2.23. The van der Waals surface area contributed by atoms with Crippen LogP contribution in [0.25, 0.3) is 0 Å². The first-order valence-electron chi connectivity index (χ1n) is 7.53. The van der Waals surface area contributed by atoms with Crippen LogP contribution in [0.5, 0.6) is 0 Å². The maximum absolute atomic E-state index is 13.7. The van der Waals surface area contributed by atoms with E-state index in [0.717, 1.165) is 6.20 Å². The first-order valence-corrected chi connectivity index (χ1v) is 7.91. The van der Waals surface area contributed by atoms with Gasteiger partial charge in [0, 0.05) is 6.20 Å². The Morgan fingerprint density at radius 3 is 2.84 bits per heavy atom.